The maximum absolute atomic E-state index is 13.6. The van der Waals surface area contributed by atoms with Crippen LogP contribution in [-0.2, 0) is 10.0 Å². The third-order valence-corrected chi connectivity index (χ3v) is 5.71. The first-order valence-electron chi connectivity index (χ1n) is 8.97. The van der Waals surface area contributed by atoms with Crippen LogP contribution in [0, 0.1) is 18.7 Å². The highest BCUT2D eigenvalue weighted by Crippen LogP contribution is 2.44. The summed E-state index contributed by atoms with van der Waals surface area (Å²) in [6.07, 6.45) is 3.10. The molecule has 1 fully saturated rings. The second-order valence-corrected chi connectivity index (χ2v) is 8.58. The summed E-state index contributed by atoms with van der Waals surface area (Å²) in [5.74, 6) is 0.482. The van der Waals surface area contributed by atoms with E-state index in [1.165, 1.54) is 30.5 Å². The van der Waals surface area contributed by atoms with Gasteiger partial charge in [0.2, 0.25) is 0 Å². The molecule has 3 aromatic rings. The Hall–Kier alpha value is -2.98. The number of halogens is 1. The van der Waals surface area contributed by atoms with Crippen molar-refractivity contribution in [2.45, 2.75) is 30.8 Å². The number of urea groups is 1. The van der Waals surface area contributed by atoms with E-state index in [2.05, 4.69) is 15.6 Å². The van der Waals surface area contributed by atoms with Crippen molar-refractivity contribution in [3.8, 4) is 0 Å². The largest absolute Gasteiger partial charge is 0.459 e. The number of nitrogens with one attached hydrogen (secondary N) is 2. The SMILES string of the molecule is Cc1c([C@@H](NC(=O)Nc2ccc(S(N)(=O)=O)nc2)C2CC2)oc2ccc(F)cc12. The van der Waals surface area contributed by atoms with Crippen molar-refractivity contribution in [2.24, 2.45) is 11.1 Å². The predicted octanol–water partition coefficient (Wildman–Crippen LogP) is 3.20. The van der Waals surface area contributed by atoms with E-state index in [1.807, 2.05) is 6.92 Å². The number of nitrogens with two attached hydrogens (primary N) is 1. The summed E-state index contributed by atoms with van der Waals surface area (Å²) in [6.45, 7) is 1.84. The number of aromatic nitrogens is 1. The van der Waals surface area contributed by atoms with E-state index in [0.29, 0.717) is 22.4 Å². The summed E-state index contributed by atoms with van der Waals surface area (Å²) in [6, 6.07) is 6.08. The molecule has 1 saturated carbocycles. The Morgan fingerprint density at radius 3 is 2.69 bits per heavy atom. The number of anilines is 1. The van der Waals surface area contributed by atoms with Gasteiger partial charge in [-0.15, -0.1) is 0 Å². The van der Waals surface area contributed by atoms with Gasteiger partial charge in [-0.3, -0.25) is 0 Å². The molecule has 0 unspecified atom stereocenters. The smallest absolute Gasteiger partial charge is 0.319 e. The third-order valence-electron chi connectivity index (χ3n) is 4.88. The summed E-state index contributed by atoms with van der Waals surface area (Å²) in [5, 5.41) is 10.9. The number of furan rings is 1. The molecule has 0 saturated heterocycles. The van der Waals surface area contributed by atoms with Crippen LogP contribution < -0.4 is 15.8 Å². The number of fused-ring (bicyclic) bond motifs is 1. The Bertz CT molecular complexity index is 1190. The maximum atomic E-state index is 13.6. The number of aryl methyl sites for hydroxylation is 1. The average molecular weight is 418 g/mol. The molecule has 0 spiro atoms. The number of sulfonamides is 1. The molecule has 29 heavy (non-hydrogen) atoms. The molecule has 2 aromatic heterocycles. The van der Waals surface area contributed by atoms with Gasteiger partial charge in [0.15, 0.2) is 5.03 Å². The zero-order valence-corrected chi connectivity index (χ0v) is 16.3. The molecular formula is C19H19FN4O4S. The summed E-state index contributed by atoms with van der Waals surface area (Å²) in [4.78, 5) is 16.2. The molecule has 1 aliphatic rings. The van der Waals surface area contributed by atoms with Crippen molar-refractivity contribution in [3.63, 3.8) is 0 Å². The maximum Gasteiger partial charge on any atom is 0.319 e. The van der Waals surface area contributed by atoms with Crippen LogP contribution in [0.5, 0.6) is 0 Å². The molecule has 2 heterocycles. The predicted molar refractivity (Wildman–Crippen MR) is 104 cm³/mol. The van der Waals surface area contributed by atoms with E-state index in [4.69, 9.17) is 9.56 Å². The van der Waals surface area contributed by atoms with Gasteiger partial charge in [-0.2, -0.15) is 0 Å². The highest BCUT2D eigenvalue weighted by Gasteiger charge is 2.37. The molecule has 4 rings (SSSR count). The Morgan fingerprint density at radius 2 is 2.07 bits per heavy atom. The van der Waals surface area contributed by atoms with Gasteiger partial charge in [0, 0.05) is 10.9 Å². The lowest BCUT2D eigenvalue weighted by molar-refractivity contribution is 0.244. The number of nitrogens with zero attached hydrogens (tertiary/aromatic N) is 1. The van der Waals surface area contributed by atoms with E-state index in [0.717, 1.165) is 18.4 Å². The van der Waals surface area contributed by atoms with Crippen molar-refractivity contribution in [1.82, 2.24) is 10.3 Å². The topological polar surface area (TPSA) is 127 Å². The summed E-state index contributed by atoms with van der Waals surface area (Å²) in [5.41, 5.74) is 1.67. The van der Waals surface area contributed by atoms with Gasteiger partial charge in [0.25, 0.3) is 10.0 Å². The van der Waals surface area contributed by atoms with Gasteiger partial charge < -0.3 is 15.1 Å². The molecule has 152 valence electrons. The minimum atomic E-state index is -3.91. The molecule has 1 aromatic carbocycles. The van der Waals surface area contributed by atoms with Gasteiger partial charge in [-0.05, 0) is 56.0 Å². The van der Waals surface area contributed by atoms with E-state index in [1.54, 1.807) is 6.07 Å². The number of hydrogen-bond donors (Lipinski definition) is 3. The van der Waals surface area contributed by atoms with E-state index in [-0.39, 0.29) is 22.8 Å². The lowest BCUT2D eigenvalue weighted by Crippen LogP contribution is -2.33. The molecule has 10 heteroatoms. The number of benzene rings is 1. The van der Waals surface area contributed by atoms with Crippen LogP contribution in [0.25, 0.3) is 11.0 Å². The number of carbonyl (C=O) groups excluding carboxylic acids is 1. The molecule has 1 aliphatic carbocycles. The van der Waals surface area contributed by atoms with Gasteiger partial charge in [0.1, 0.15) is 17.2 Å². The summed E-state index contributed by atoms with van der Waals surface area (Å²) >= 11 is 0. The van der Waals surface area contributed by atoms with Crippen LogP contribution in [0.2, 0.25) is 0 Å². The van der Waals surface area contributed by atoms with Crippen molar-refractivity contribution >= 4 is 32.7 Å². The number of hydrogen-bond acceptors (Lipinski definition) is 5. The monoisotopic (exact) mass is 418 g/mol. The van der Waals surface area contributed by atoms with E-state index >= 15 is 0 Å². The fourth-order valence-corrected chi connectivity index (χ4v) is 3.72. The highest BCUT2D eigenvalue weighted by molar-refractivity contribution is 7.89. The first-order valence-corrected chi connectivity index (χ1v) is 10.5. The fraction of sp³-hybridized carbons (Fsp3) is 0.263. The minimum Gasteiger partial charge on any atom is -0.459 e. The average Bonchev–Trinajstić information content (AvgIpc) is 3.45. The third kappa shape index (κ3) is 4.08. The molecule has 8 nitrogen and oxygen atoms in total. The zero-order valence-electron chi connectivity index (χ0n) is 15.5. The molecular weight excluding hydrogens is 399 g/mol. The van der Waals surface area contributed by atoms with Crippen molar-refractivity contribution < 1.29 is 22.0 Å². The first kappa shape index (κ1) is 19.3. The van der Waals surface area contributed by atoms with Crippen LogP contribution in [0.1, 0.15) is 30.2 Å². The normalized spacial score (nSPS) is 15.3. The standard InChI is InChI=1S/C19H19FN4O4S/c1-10-14-8-12(20)4-6-15(14)28-18(10)17(11-2-3-11)24-19(25)23-13-5-7-16(22-9-13)29(21,26)27/h4-9,11,17H,2-3H2,1H3,(H2,21,26,27)(H2,23,24,25)/t17-/m0/s1. The van der Waals surface area contributed by atoms with E-state index < -0.39 is 16.1 Å². The quantitative estimate of drug-likeness (QED) is 0.586. The Morgan fingerprint density at radius 1 is 1.31 bits per heavy atom. The van der Waals surface area contributed by atoms with Crippen LogP contribution >= 0.6 is 0 Å². The lowest BCUT2D eigenvalue weighted by atomic mass is 10.0. The van der Waals surface area contributed by atoms with Crippen LogP contribution in [0.3, 0.4) is 0 Å². The zero-order chi connectivity index (χ0) is 20.8. The molecule has 1 atom stereocenters. The fourth-order valence-electron chi connectivity index (χ4n) is 3.27. The van der Waals surface area contributed by atoms with Crippen molar-refractivity contribution in [3.05, 3.63) is 53.7 Å². The Kier molecular flexibility index (Phi) is 4.75. The second kappa shape index (κ2) is 7.12. The number of pyridine rings is 1. The molecule has 0 bridgehead atoms. The Balaban J connectivity index is 1.53. The van der Waals surface area contributed by atoms with Crippen LogP contribution in [-0.4, -0.2) is 19.4 Å². The lowest BCUT2D eigenvalue weighted by Gasteiger charge is -2.17. The Labute approximate surface area is 166 Å². The molecule has 4 N–H and O–H groups in total. The number of carbonyl (C=O) groups is 1. The molecule has 0 aliphatic heterocycles. The summed E-state index contributed by atoms with van der Waals surface area (Å²) in [7, 11) is -3.91. The number of rotatable bonds is 5. The van der Waals surface area contributed by atoms with Gasteiger partial charge in [0.05, 0.1) is 17.9 Å². The van der Waals surface area contributed by atoms with Gasteiger partial charge in [-0.25, -0.2) is 27.7 Å². The van der Waals surface area contributed by atoms with Crippen molar-refractivity contribution in [1.29, 1.82) is 0 Å². The second-order valence-electron chi connectivity index (χ2n) is 7.08. The van der Waals surface area contributed by atoms with E-state index in [9.17, 15) is 17.6 Å². The van der Waals surface area contributed by atoms with Gasteiger partial charge >= 0.3 is 6.03 Å². The van der Waals surface area contributed by atoms with Gasteiger partial charge in [-0.1, -0.05) is 0 Å². The minimum absolute atomic E-state index is 0.229. The summed E-state index contributed by atoms with van der Waals surface area (Å²) < 4.78 is 42.0. The number of amides is 2. The molecule has 2 amide bonds. The highest BCUT2D eigenvalue weighted by atomic mass is 32.2. The van der Waals surface area contributed by atoms with Crippen LogP contribution in [0.4, 0.5) is 14.9 Å². The van der Waals surface area contributed by atoms with Crippen molar-refractivity contribution in [2.75, 3.05) is 5.32 Å². The van der Waals surface area contributed by atoms with Crippen LogP contribution in [0.15, 0.2) is 46.0 Å². The molecule has 0 radical (unpaired) electrons. The first-order chi connectivity index (χ1) is 13.7. The number of primary sulfonamides is 1.